The van der Waals surface area contributed by atoms with Crippen LogP contribution < -0.4 is 0 Å². The second kappa shape index (κ2) is 3.07. The molecular formula is C14H16O4. The molecule has 3 fully saturated rings. The number of rotatable bonds is 0. The van der Waals surface area contributed by atoms with Gasteiger partial charge in [0.25, 0.3) is 0 Å². The lowest BCUT2D eigenvalue weighted by atomic mass is 9.56. The molecule has 96 valence electrons. The zero-order chi connectivity index (χ0) is 11.8. The Labute approximate surface area is 106 Å². The van der Waals surface area contributed by atoms with Gasteiger partial charge in [0.1, 0.15) is 0 Å². The van der Waals surface area contributed by atoms with E-state index in [0.29, 0.717) is 50.1 Å². The number of hydrogen-bond donors (Lipinski definition) is 0. The Bertz CT molecular complexity index is 393. The van der Waals surface area contributed by atoms with Crippen LogP contribution in [-0.2, 0) is 18.9 Å². The maximum Gasteiger partial charge on any atom is 0.191 e. The molecule has 1 saturated carbocycles. The van der Waals surface area contributed by atoms with Crippen LogP contribution in [-0.4, -0.2) is 38.0 Å². The molecule has 0 radical (unpaired) electrons. The third-order valence-electron chi connectivity index (χ3n) is 5.17. The molecule has 3 aliphatic carbocycles. The first-order chi connectivity index (χ1) is 8.85. The summed E-state index contributed by atoms with van der Waals surface area (Å²) in [6, 6.07) is 0. The molecule has 0 aromatic rings. The lowest BCUT2D eigenvalue weighted by Gasteiger charge is -2.52. The van der Waals surface area contributed by atoms with Gasteiger partial charge in [-0.15, -0.1) is 0 Å². The van der Waals surface area contributed by atoms with E-state index in [1.54, 1.807) is 0 Å². The van der Waals surface area contributed by atoms with E-state index in [9.17, 15) is 0 Å². The molecule has 4 heteroatoms. The van der Waals surface area contributed by atoms with Crippen LogP contribution in [0.5, 0.6) is 0 Å². The van der Waals surface area contributed by atoms with Gasteiger partial charge in [0.2, 0.25) is 0 Å². The molecule has 0 amide bonds. The summed E-state index contributed by atoms with van der Waals surface area (Å²) < 4.78 is 23.5. The Morgan fingerprint density at radius 2 is 1.06 bits per heavy atom. The highest BCUT2D eigenvalue weighted by atomic mass is 16.7. The van der Waals surface area contributed by atoms with Crippen LogP contribution >= 0.6 is 0 Å². The monoisotopic (exact) mass is 248 g/mol. The van der Waals surface area contributed by atoms with Gasteiger partial charge in [-0.1, -0.05) is 12.2 Å². The number of fused-ring (bicyclic) bond motifs is 6. The summed E-state index contributed by atoms with van der Waals surface area (Å²) in [7, 11) is 0. The highest BCUT2D eigenvalue weighted by Gasteiger charge is 2.70. The van der Waals surface area contributed by atoms with E-state index in [4.69, 9.17) is 18.9 Å². The fourth-order valence-corrected chi connectivity index (χ4v) is 4.54. The van der Waals surface area contributed by atoms with Crippen LogP contribution in [0.15, 0.2) is 24.3 Å². The Hall–Kier alpha value is -0.680. The van der Waals surface area contributed by atoms with Crippen molar-refractivity contribution in [1.82, 2.24) is 0 Å². The zero-order valence-corrected chi connectivity index (χ0v) is 10.1. The van der Waals surface area contributed by atoms with Gasteiger partial charge in [-0.3, -0.25) is 0 Å². The van der Waals surface area contributed by atoms with Crippen LogP contribution in [0.4, 0.5) is 0 Å². The van der Waals surface area contributed by atoms with Crippen molar-refractivity contribution in [3.63, 3.8) is 0 Å². The number of ether oxygens (including phenoxy) is 4. The highest BCUT2D eigenvalue weighted by molar-refractivity contribution is 5.33. The van der Waals surface area contributed by atoms with Gasteiger partial charge in [0.15, 0.2) is 11.6 Å². The number of allylic oxidation sites excluding steroid dienone is 2. The van der Waals surface area contributed by atoms with Crippen LogP contribution in [0.3, 0.4) is 0 Å². The van der Waals surface area contributed by atoms with Gasteiger partial charge in [0, 0.05) is 11.8 Å². The summed E-state index contributed by atoms with van der Waals surface area (Å²) in [5.41, 5.74) is 0. The third-order valence-corrected chi connectivity index (χ3v) is 5.17. The molecule has 5 aliphatic rings. The number of hydrogen-bond acceptors (Lipinski definition) is 4. The predicted molar refractivity (Wildman–Crippen MR) is 61.5 cm³/mol. The van der Waals surface area contributed by atoms with Crippen LogP contribution in [0.2, 0.25) is 0 Å². The summed E-state index contributed by atoms with van der Waals surface area (Å²) in [5.74, 6) is 0.824. The van der Waals surface area contributed by atoms with Gasteiger partial charge >= 0.3 is 0 Å². The molecule has 2 spiro atoms. The average molecular weight is 248 g/mol. The lowest BCUT2D eigenvalue weighted by Crippen LogP contribution is -2.58. The molecule has 18 heavy (non-hydrogen) atoms. The third kappa shape index (κ3) is 0.956. The second-order valence-corrected chi connectivity index (χ2v) is 5.76. The Morgan fingerprint density at radius 3 is 1.44 bits per heavy atom. The fraction of sp³-hybridized carbons (Fsp3) is 0.714. The largest absolute Gasteiger partial charge is 0.344 e. The van der Waals surface area contributed by atoms with Crippen molar-refractivity contribution in [2.45, 2.75) is 11.6 Å². The van der Waals surface area contributed by atoms with Gasteiger partial charge < -0.3 is 18.9 Å². The first-order valence-corrected chi connectivity index (χ1v) is 6.79. The topological polar surface area (TPSA) is 36.9 Å². The van der Waals surface area contributed by atoms with Crippen molar-refractivity contribution in [2.75, 3.05) is 26.4 Å². The van der Waals surface area contributed by atoms with E-state index < -0.39 is 11.6 Å². The highest BCUT2D eigenvalue weighted by Crippen LogP contribution is 2.65. The molecule has 0 unspecified atom stereocenters. The molecule has 4 nitrogen and oxygen atoms in total. The smallest absolute Gasteiger partial charge is 0.191 e. The van der Waals surface area contributed by atoms with E-state index in [0.717, 1.165) is 0 Å². The Balaban J connectivity index is 1.51. The molecular weight excluding hydrogens is 232 g/mol. The molecule has 0 atom stereocenters. The zero-order valence-electron chi connectivity index (χ0n) is 10.1. The molecule has 0 bridgehead atoms. The van der Waals surface area contributed by atoms with Crippen molar-refractivity contribution < 1.29 is 18.9 Å². The molecule has 0 N–H and O–H groups in total. The predicted octanol–water partition coefficient (Wildman–Crippen LogP) is 1.09. The summed E-state index contributed by atoms with van der Waals surface area (Å²) in [4.78, 5) is 0. The SMILES string of the molecule is C1=CC2(OCCO2)C2C1C1C2C=CC12OCCO2. The minimum absolute atomic E-state index is 0.411. The first-order valence-electron chi connectivity index (χ1n) is 6.79. The minimum atomic E-state index is -0.458. The lowest BCUT2D eigenvalue weighted by molar-refractivity contribution is -0.256. The summed E-state index contributed by atoms with van der Waals surface area (Å²) >= 11 is 0. The summed E-state index contributed by atoms with van der Waals surface area (Å²) in [6.07, 6.45) is 8.72. The van der Waals surface area contributed by atoms with Gasteiger partial charge in [-0.05, 0) is 24.0 Å². The Morgan fingerprint density at radius 1 is 0.667 bits per heavy atom. The molecule has 2 saturated heterocycles. The average Bonchev–Trinajstić information content (AvgIpc) is 3.06. The maximum absolute atomic E-state index is 5.87. The molecule has 0 aromatic heterocycles. The van der Waals surface area contributed by atoms with Crippen LogP contribution in [0.1, 0.15) is 0 Å². The standard InChI is InChI=1S/C14H16O4/c1-3-13(15-5-6-16-13)11-9(1)12-10(11)2-4-14(12)17-7-8-18-14/h1-4,9-12H,5-8H2. The second-order valence-electron chi connectivity index (χ2n) is 5.76. The normalized spacial score (nSPS) is 48.9. The van der Waals surface area contributed by atoms with Crippen molar-refractivity contribution in [3.05, 3.63) is 24.3 Å². The van der Waals surface area contributed by atoms with E-state index in [1.165, 1.54) is 0 Å². The van der Waals surface area contributed by atoms with Crippen molar-refractivity contribution in [2.24, 2.45) is 23.7 Å². The summed E-state index contributed by atoms with van der Waals surface area (Å²) in [5, 5.41) is 0. The molecule has 2 heterocycles. The van der Waals surface area contributed by atoms with Gasteiger partial charge in [-0.25, -0.2) is 0 Å². The van der Waals surface area contributed by atoms with Crippen LogP contribution in [0.25, 0.3) is 0 Å². The molecule has 0 aromatic carbocycles. The quantitative estimate of drug-likeness (QED) is 0.601. The van der Waals surface area contributed by atoms with E-state index in [1.807, 2.05) is 0 Å². The van der Waals surface area contributed by atoms with E-state index in [2.05, 4.69) is 24.3 Å². The minimum Gasteiger partial charge on any atom is -0.344 e. The van der Waals surface area contributed by atoms with Crippen molar-refractivity contribution in [1.29, 1.82) is 0 Å². The Kier molecular flexibility index (Phi) is 1.73. The van der Waals surface area contributed by atoms with E-state index in [-0.39, 0.29) is 0 Å². The van der Waals surface area contributed by atoms with Crippen molar-refractivity contribution in [3.8, 4) is 0 Å². The maximum atomic E-state index is 5.87. The van der Waals surface area contributed by atoms with Gasteiger partial charge in [0.05, 0.1) is 26.4 Å². The fourth-order valence-electron chi connectivity index (χ4n) is 4.54. The first kappa shape index (κ1) is 10.1. The summed E-state index contributed by atoms with van der Waals surface area (Å²) in [6.45, 7) is 2.80. The van der Waals surface area contributed by atoms with Gasteiger partial charge in [-0.2, -0.15) is 0 Å². The van der Waals surface area contributed by atoms with Crippen LogP contribution in [0, 0.1) is 23.7 Å². The van der Waals surface area contributed by atoms with Crippen molar-refractivity contribution >= 4 is 0 Å². The van der Waals surface area contributed by atoms with E-state index >= 15 is 0 Å². The molecule has 5 rings (SSSR count). The molecule has 2 aliphatic heterocycles.